The molecule has 0 spiro atoms. The van der Waals surface area contributed by atoms with Gasteiger partial charge in [0, 0.05) is 15.6 Å². The van der Waals surface area contributed by atoms with Crippen LogP contribution in [-0.4, -0.2) is 10.8 Å². The highest BCUT2D eigenvalue weighted by Gasteiger charge is 2.22. The third kappa shape index (κ3) is 4.27. The second-order valence-corrected chi connectivity index (χ2v) is 6.52. The topological polar surface area (TPSA) is 26.3 Å². The smallest absolute Gasteiger partial charge is 0.215 e. The third-order valence-electron chi connectivity index (χ3n) is 2.53. The lowest BCUT2D eigenvalue weighted by Crippen LogP contribution is -2.21. The van der Waals surface area contributed by atoms with E-state index in [1.54, 1.807) is 18.2 Å². The van der Waals surface area contributed by atoms with Crippen LogP contribution in [0.25, 0.3) is 0 Å². The van der Waals surface area contributed by atoms with Gasteiger partial charge in [-0.1, -0.05) is 46.4 Å². The number of alkyl halides is 1. The minimum Gasteiger partial charge on any atom is -0.469 e. The highest BCUT2D eigenvalue weighted by Crippen LogP contribution is 2.30. The fourth-order valence-corrected chi connectivity index (χ4v) is 2.95. The Kier molecular flexibility index (Phi) is 5.81. The zero-order valence-corrected chi connectivity index (χ0v) is 14.9. The standard InChI is InChI=1S/C14H7BrCl4O2/c15-14(21-12-4-2-8(17)6-11(12)19)13(20)9-3-1-7(16)5-10(9)18/h1-6,14H. The molecule has 2 rings (SSSR count). The molecule has 0 aliphatic heterocycles. The molecule has 2 aromatic carbocycles. The quantitative estimate of drug-likeness (QED) is 0.423. The number of carbonyl (C=O) groups excluding carboxylic acids is 1. The van der Waals surface area contributed by atoms with Gasteiger partial charge >= 0.3 is 0 Å². The van der Waals surface area contributed by atoms with Crippen molar-refractivity contribution in [2.45, 2.75) is 5.01 Å². The molecular formula is C14H7BrCl4O2. The van der Waals surface area contributed by atoms with E-state index in [1.165, 1.54) is 18.2 Å². The van der Waals surface area contributed by atoms with Crippen LogP contribution in [-0.2, 0) is 0 Å². The molecule has 0 N–H and O–H groups in total. The van der Waals surface area contributed by atoms with Crippen LogP contribution in [0.15, 0.2) is 36.4 Å². The van der Waals surface area contributed by atoms with E-state index >= 15 is 0 Å². The molecule has 1 unspecified atom stereocenters. The van der Waals surface area contributed by atoms with Crippen LogP contribution >= 0.6 is 62.3 Å². The number of halogens is 5. The summed E-state index contributed by atoms with van der Waals surface area (Å²) < 4.78 is 5.49. The van der Waals surface area contributed by atoms with Gasteiger partial charge in [-0.05, 0) is 52.3 Å². The fourth-order valence-electron chi connectivity index (χ4n) is 1.55. The van der Waals surface area contributed by atoms with Gasteiger partial charge in [-0.3, -0.25) is 4.79 Å². The number of Topliss-reactive ketones (excluding diaryl/α,β-unsaturated/α-hetero) is 1. The van der Waals surface area contributed by atoms with Crippen molar-refractivity contribution in [2.24, 2.45) is 0 Å². The minimum absolute atomic E-state index is 0.253. The Morgan fingerprint density at radius 1 is 0.952 bits per heavy atom. The van der Waals surface area contributed by atoms with Crippen molar-refractivity contribution >= 4 is 68.1 Å². The Bertz CT molecular complexity index is 691. The van der Waals surface area contributed by atoms with Gasteiger partial charge in [0.2, 0.25) is 10.8 Å². The summed E-state index contributed by atoms with van der Waals surface area (Å²) in [5.74, 6) is -0.0101. The molecule has 0 saturated carbocycles. The van der Waals surface area contributed by atoms with Crippen molar-refractivity contribution in [1.82, 2.24) is 0 Å². The van der Waals surface area contributed by atoms with Crippen LogP contribution in [0.5, 0.6) is 5.75 Å². The molecule has 0 aliphatic carbocycles. The molecule has 2 aromatic rings. The Morgan fingerprint density at radius 3 is 2.10 bits per heavy atom. The molecular weight excluding hydrogens is 422 g/mol. The molecule has 110 valence electrons. The monoisotopic (exact) mass is 426 g/mol. The first kappa shape index (κ1) is 16.9. The first-order valence-electron chi connectivity index (χ1n) is 5.63. The number of ether oxygens (including phenoxy) is 1. The molecule has 0 saturated heterocycles. The van der Waals surface area contributed by atoms with Crippen molar-refractivity contribution in [1.29, 1.82) is 0 Å². The van der Waals surface area contributed by atoms with E-state index in [2.05, 4.69) is 15.9 Å². The second kappa shape index (κ2) is 7.21. The van der Waals surface area contributed by atoms with E-state index in [0.29, 0.717) is 26.4 Å². The lowest BCUT2D eigenvalue weighted by molar-refractivity contribution is 0.0897. The van der Waals surface area contributed by atoms with Crippen molar-refractivity contribution in [3.8, 4) is 5.75 Å². The van der Waals surface area contributed by atoms with Crippen molar-refractivity contribution < 1.29 is 9.53 Å². The number of hydrogen-bond donors (Lipinski definition) is 0. The van der Waals surface area contributed by atoms with E-state index in [9.17, 15) is 4.79 Å². The lowest BCUT2D eigenvalue weighted by Gasteiger charge is -2.14. The maximum atomic E-state index is 12.3. The van der Waals surface area contributed by atoms with Crippen LogP contribution in [0.3, 0.4) is 0 Å². The molecule has 0 heterocycles. The molecule has 0 fully saturated rings. The van der Waals surface area contributed by atoms with Gasteiger partial charge in [0.05, 0.1) is 10.0 Å². The van der Waals surface area contributed by atoms with Crippen molar-refractivity contribution in [2.75, 3.05) is 0 Å². The van der Waals surface area contributed by atoms with Gasteiger partial charge in [-0.25, -0.2) is 0 Å². The number of benzene rings is 2. The molecule has 21 heavy (non-hydrogen) atoms. The van der Waals surface area contributed by atoms with E-state index in [0.717, 1.165) is 0 Å². The third-order valence-corrected chi connectivity index (χ3v) is 4.21. The molecule has 0 radical (unpaired) electrons. The molecule has 7 heteroatoms. The molecule has 0 amide bonds. The second-order valence-electron chi connectivity index (χ2n) is 4.00. The summed E-state index contributed by atoms with van der Waals surface area (Å²) in [7, 11) is 0. The van der Waals surface area contributed by atoms with Gasteiger partial charge in [0.15, 0.2) is 0 Å². The van der Waals surface area contributed by atoms with E-state index < -0.39 is 5.01 Å². The maximum Gasteiger partial charge on any atom is 0.215 e. The van der Waals surface area contributed by atoms with Gasteiger partial charge < -0.3 is 4.74 Å². The molecule has 1 atom stereocenters. The Hall–Kier alpha value is -0.450. The van der Waals surface area contributed by atoms with Crippen LogP contribution in [0.2, 0.25) is 20.1 Å². The summed E-state index contributed by atoms with van der Waals surface area (Å²) in [6.07, 6.45) is 0. The maximum absolute atomic E-state index is 12.3. The molecule has 0 aliphatic rings. The van der Waals surface area contributed by atoms with Crippen LogP contribution in [0.1, 0.15) is 10.4 Å². The molecule has 2 nitrogen and oxygen atoms in total. The summed E-state index contributed by atoms with van der Waals surface area (Å²) >= 11 is 26.8. The fraction of sp³-hybridized carbons (Fsp3) is 0.0714. The van der Waals surface area contributed by atoms with Gasteiger partial charge in [-0.15, -0.1) is 0 Å². The highest BCUT2D eigenvalue weighted by atomic mass is 79.9. The predicted octanol–water partition coefficient (Wildman–Crippen LogP) is 6.28. The first-order chi connectivity index (χ1) is 9.88. The summed E-state index contributed by atoms with van der Waals surface area (Å²) in [5, 5.41) is 0.550. The van der Waals surface area contributed by atoms with Crippen LogP contribution in [0.4, 0.5) is 0 Å². The Morgan fingerprint density at radius 2 is 1.52 bits per heavy atom. The predicted molar refractivity (Wildman–Crippen MR) is 90.6 cm³/mol. The zero-order chi connectivity index (χ0) is 15.6. The summed E-state index contributed by atoms with van der Waals surface area (Å²) in [5.41, 5.74) is 0.299. The Labute approximate surface area is 150 Å². The Balaban J connectivity index is 2.19. The minimum atomic E-state index is -0.935. The van der Waals surface area contributed by atoms with Crippen LogP contribution in [0, 0.1) is 0 Å². The molecule has 0 bridgehead atoms. The summed E-state index contributed by atoms with van der Waals surface area (Å²) in [4.78, 5) is 12.3. The first-order valence-corrected chi connectivity index (χ1v) is 8.06. The number of ketones is 1. The van der Waals surface area contributed by atoms with Crippen molar-refractivity contribution in [3.05, 3.63) is 62.1 Å². The lowest BCUT2D eigenvalue weighted by atomic mass is 10.1. The summed E-state index contributed by atoms with van der Waals surface area (Å²) in [6.45, 7) is 0. The number of carbonyl (C=O) groups is 1. The number of hydrogen-bond acceptors (Lipinski definition) is 2. The van der Waals surface area contributed by atoms with E-state index in [4.69, 9.17) is 51.1 Å². The molecule has 0 aromatic heterocycles. The van der Waals surface area contributed by atoms with Crippen molar-refractivity contribution in [3.63, 3.8) is 0 Å². The van der Waals surface area contributed by atoms with E-state index in [-0.39, 0.29) is 10.8 Å². The van der Waals surface area contributed by atoms with E-state index in [1.807, 2.05) is 0 Å². The average molecular weight is 429 g/mol. The van der Waals surface area contributed by atoms with Gasteiger partial charge in [0.1, 0.15) is 5.75 Å². The summed E-state index contributed by atoms with van der Waals surface area (Å²) in [6, 6.07) is 9.32. The zero-order valence-electron chi connectivity index (χ0n) is 10.2. The average Bonchev–Trinajstić information content (AvgIpc) is 2.41. The van der Waals surface area contributed by atoms with Gasteiger partial charge in [0.25, 0.3) is 0 Å². The number of rotatable bonds is 4. The normalized spacial score (nSPS) is 12.0. The largest absolute Gasteiger partial charge is 0.469 e. The van der Waals surface area contributed by atoms with Crippen LogP contribution < -0.4 is 4.74 Å². The van der Waals surface area contributed by atoms with Gasteiger partial charge in [-0.2, -0.15) is 0 Å². The highest BCUT2D eigenvalue weighted by molar-refractivity contribution is 9.09. The SMILES string of the molecule is O=C(c1ccc(Cl)cc1Cl)C(Br)Oc1ccc(Cl)cc1Cl.